The summed E-state index contributed by atoms with van der Waals surface area (Å²) in [5.41, 5.74) is 1.69. The first-order chi connectivity index (χ1) is 13.0. The monoisotopic (exact) mass is 366 g/mol. The molecule has 2 unspecified atom stereocenters. The Kier molecular flexibility index (Phi) is 4.66. The Morgan fingerprint density at radius 1 is 1.22 bits per heavy atom. The summed E-state index contributed by atoms with van der Waals surface area (Å²) in [6.07, 6.45) is -0.361. The highest BCUT2D eigenvalue weighted by atomic mass is 16.3. The van der Waals surface area contributed by atoms with E-state index in [1.807, 2.05) is 36.1 Å². The van der Waals surface area contributed by atoms with Crippen molar-refractivity contribution in [3.63, 3.8) is 0 Å². The van der Waals surface area contributed by atoms with Crippen molar-refractivity contribution >= 4 is 27.6 Å². The Labute approximate surface area is 159 Å². The number of carbonyl (C=O) groups excluding carboxylic acids is 1. The summed E-state index contributed by atoms with van der Waals surface area (Å²) in [7, 11) is 0. The standard InChI is InChI=1S/C22H26N2O3/c1-14-12-24(11-10-23(14)13-15(2)25)22(26)20-16(3)18-9-8-17-6-4-5-7-19(17)21(18)27-20/h4-9,14-15,25H,10-13H2,1-3H3. The highest BCUT2D eigenvalue weighted by Crippen LogP contribution is 2.32. The topological polar surface area (TPSA) is 56.9 Å². The van der Waals surface area contributed by atoms with Gasteiger partial charge < -0.3 is 14.4 Å². The fourth-order valence-corrected chi connectivity index (χ4v) is 4.09. The van der Waals surface area contributed by atoms with Crippen LogP contribution in [-0.2, 0) is 0 Å². The maximum Gasteiger partial charge on any atom is 0.289 e. The first kappa shape index (κ1) is 18.0. The normalized spacial score (nSPS) is 19.7. The highest BCUT2D eigenvalue weighted by molar-refractivity contribution is 6.08. The van der Waals surface area contributed by atoms with Crippen LogP contribution in [0, 0.1) is 6.92 Å². The van der Waals surface area contributed by atoms with Crippen LogP contribution < -0.4 is 0 Å². The van der Waals surface area contributed by atoms with Gasteiger partial charge >= 0.3 is 0 Å². The summed E-state index contributed by atoms with van der Waals surface area (Å²) in [4.78, 5) is 17.3. The number of furan rings is 1. The minimum atomic E-state index is -0.361. The van der Waals surface area contributed by atoms with Gasteiger partial charge in [0.15, 0.2) is 5.76 Å². The third-order valence-corrected chi connectivity index (χ3v) is 5.57. The third kappa shape index (κ3) is 3.22. The molecule has 4 rings (SSSR count). The predicted octanol–water partition coefficient (Wildman–Crippen LogP) is 3.42. The first-order valence-electron chi connectivity index (χ1n) is 9.58. The summed E-state index contributed by atoms with van der Waals surface area (Å²) in [6.45, 7) is 8.54. The number of piperazine rings is 1. The van der Waals surface area contributed by atoms with E-state index in [0.29, 0.717) is 25.4 Å². The van der Waals surface area contributed by atoms with E-state index in [1.54, 1.807) is 6.92 Å². The van der Waals surface area contributed by atoms with Crippen LogP contribution in [-0.4, -0.2) is 59.1 Å². The summed E-state index contributed by atoms with van der Waals surface area (Å²) in [5.74, 6) is 0.397. The predicted molar refractivity (Wildman–Crippen MR) is 107 cm³/mol. The molecule has 1 amide bonds. The second kappa shape index (κ2) is 6.98. The number of amides is 1. The number of β-amino-alcohol motifs (C(OH)–C–C–N with tert-alkyl or cyclic N) is 1. The van der Waals surface area contributed by atoms with Crippen LogP contribution in [0.15, 0.2) is 40.8 Å². The summed E-state index contributed by atoms with van der Waals surface area (Å²) in [6, 6.07) is 12.4. The highest BCUT2D eigenvalue weighted by Gasteiger charge is 2.30. The molecule has 5 heteroatoms. The number of nitrogens with zero attached hydrogens (tertiary/aromatic N) is 2. The molecule has 2 aromatic carbocycles. The molecular weight excluding hydrogens is 340 g/mol. The Morgan fingerprint density at radius 3 is 2.74 bits per heavy atom. The Hall–Kier alpha value is -2.37. The number of fused-ring (bicyclic) bond motifs is 3. The van der Waals surface area contributed by atoms with Gasteiger partial charge in [0.2, 0.25) is 0 Å². The molecule has 0 spiro atoms. The van der Waals surface area contributed by atoms with Gasteiger partial charge in [-0.05, 0) is 26.2 Å². The molecule has 2 heterocycles. The second-order valence-corrected chi connectivity index (χ2v) is 7.66. The average molecular weight is 366 g/mol. The van der Waals surface area contributed by atoms with Crippen molar-refractivity contribution in [2.75, 3.05) is 26.2 Å². The molecule has 1 saturated heterocycles. The van der Waals surface area contributed by atoms with E-state index in [0.717, 1.165) is 33.8 Å². The van der Waals surface area contributed by atoms with Crippen LogP contribution in [0.1, 0.15) is 30.0 Å². The average Bonchev–Trinajstić information content (AvgIpc) is 2.99. The minimum absolute atomic E-state index is 0.0451. The Balaban J connectivity index is 1.64. The quantitative estimate of drug-likeness (QED) is 0.772. The van der Waals surface area contributed by atoms with Crippen molar-refractivity contribution in [3.8, 4) is 0 Å². The van der Waals surface area contributed by atoms with Crippen molar-refractivity contribution in [2.45, 2.75) is 32.9 Å². The van der Waals surface area contributed by atoms with Gasteiger partial charge in [-0.25, -0.2) is 0 Å². The minimum Gasteiger partial charge on any atom is -0.450 e. The fraction of sp³-hybridized carbons (Fsp3) is 0.409. The van der Waals surface area contributed by atoms with Crippen LogP contribution in [0.4, 0.5) is 0 Å². The molecule has 1 aliphatic heterocycles. The van der Waals surface area contributed by atoms with Gasteiger partial charge in [-0.2, -0.15) is 0 Å². The van der Waals surface area contributed by atoms with Crippen molar-refractivity contribution < 1.29 is 14.3 Å². The SMILES string of the molecule is Cc1c(C(=O)N2CCN(CC(C)O)C(C)C2)oc2c1ccc1ccccc12. The van der Waals surface area contributed by atoms with E-state index >= 15 is 0 Å². The molecule has 0 saturated carbocycles. The van der Waals surface area contributed by atoms with Crippen molar-refractivity contribution in [2.24, 2.45) is 0 Å². The second-order valence-electron chi connectivity index (χ2n) is 7.66. The fourth-order valence-electron chi connectivity index (χ4n) is 4.09. The molecule has 0 radical (unpaired) electrons. The largest absolute Gasteiger partial charge is 0.450 e. The van der Waals surface area contributed by atoms with Gasteiger partial charge in [-0.1, -0.05) is 36.4 Å². The van der Waals surface area contributed by atoms with E-state index in [9.17, 15) is 9.90 Å². The molecule has 0 bridgehead atoms. The van der Waals surface area contributed by atoms with E-state index in [2.05, 4.69) is 24.0 Å². The number of aryl methyl sites for hydroxylation is 1. The lowest BCUT2D eigenvalue weighted by atomic mass is 10.1. The van der Waals surface area contributed by atoms with Crippen molar-refractivity contribution in [1.29, 1.82) is 0 Å². The number of hydrogen-bond donors (Lipinski definition) is 1. The van der Waals surface area contributed by atoms with E-state index in [1.165, 1.54) is 0 Å². The van der Waals surface area contributed by atoms with Gasteiger partial charge in [0, 0.05) is 48.6 Å². The third-order valence-electron chi connectivity index (χ3n) is 5.57. The molecule has 1 fully saturated rings. The molecule has 3 aromatic rings. The lowest BCUT2D eigenvalue weighted by molar-refractivity contribution is 0.0346. The zero-order valence-corrected chi connectivity index (χ0v) is 16.1. The molecule has 1 aromatic heterocycles. The molecule has 2 atom stereocenters. The van der Waals surface area contributed by atoms with Crippen LogP contribution in [0.3, 0.4) is 0 Å². The summed E-state index contributed by atoms with van der Waals surface area (Å²) in [5, 5.41) is 12.8. The number of carbonyl (C=O) groups is 1. The van der Waals surface area contributed by atoms with Crippen molar-refractivity contribution in [3.05, 3.63) is 47.7 Å². The van der Waals surface area contributed by atoms with E-state index in [4.69, 9.17) is 4.42 Å². The van der Waals surface area contributed by atoms with Gasteiger partial charge in [-0.3, -0.25) is 9.69 Å². The number of aliphatic hydroxyl groups excluding tert-OH is 1. The Bertz CT molecular complexity index is 992. The van der Waals surface area contributed by atoms with Crippen LogP contribution in [0.25, 0.3) is 21.7 Å². The molecule has 0 aliphatic carbocycles. The maximum absolute atomic E-state index is 13.2. The van der Waals surface area contributed by atoms with Gasteiger partial charge in [-0.15, -0.1) is 0 Å². The smallest absolute Gasteiger partial charge is 0.289 e. The summed E-state index contributed by atoms with van der Waals surface area (Å²) >= 11 is 0. The Morgan fingerprint density at radius 2 is 2.00 bits per heavy atom. The zero-order valence-electron chi connectivity index (χ0n) is 16.1. The molecule has 1 aliphatic rings. The van der Waals surface area contributed by atoms with Crippen LogP contribution in [0.2, 0.25) is 0 Å². The van der Waals surface area contributed by atoms with Gasteiger partial charge in [0.1, 0.15) is 5.58 Å². The van der Waals surface area contributed by atoms with Crippen LogP contribution in [0.5, 0.6) is 0 Å². The number of aliphatic hydroxyl groups is 1. The molecular formula is C22H26N2O3. The number of benzene rings is 2. The molecule has 1 N–H and O–H groups in total. The lowest BCUT2D eigenvalue weighted by Crippen LogP contribution is -2.54. The number of hydrogen-bond acceptors (Lipinski definition) is 4. The van der Waals surface area contributed by atoms with Crippen molar-refractivity contribution in [1.82, 2.24) is 9.80 Å². The summed E-state index contributed by atoms with van der Waals surface area (Å²) < 4.78 is 6.11. The zero-order chi connectivity index (χ0) is 19.1. The van der Waals surface area contributed by atoms with Gasteiger partial charge in [0.05, 0.1) is 6.10 Å². The lowest BCUT2D eigenvalue weighted by Gasteiger charge is -2.40. The maximum atomic E-state index is 13.2. The number of rotatable bonds is 3. The molecule has 142 valence electrons. The van der Waals surface area contributed by atoms with Crippen LogP contribution >= 0.6 is 0 Å². The first-order valence-corrected chi connectivity index (χ1v) is 9.58. The molecule has 27 heavy (non-hydrogen) atoms. The van der Waals surface area contributed by atoms with Gasteiger partial charge in [0.25, 0.3) is 5.91 Å². The molecule has 5 nitrogen and oxygen atoms in total. The van der Waals surface area contributed by atoms with E-state index < -0.39 is 0 Å². The van der Waals surface area contributed by atoms with E-state index in [-0.39, 0.29) is 18.1 Å².